The van der Waals surface area contributed by atoms with Gasteiger partial charge in [0.05, 0.1) is 13.3 Å². The summed E-state index contributed by atoms with van der Waals surface area (Å²) in [5.41, 5.74) is 2.07. The van der Waals surface area contributed by atoms with Crippen LogP contribution in [0, 0.1) is 0 Å². The molecule has 3 heteroatoms. The van der Waals surface area contributed by atoms with Crippen LogP contribution >= 0.6 is 0 Å². The second-order valence-electron chi connectivity index (χ2n) is 4.98. The highest BCUT2D eigenvalue weighted by atomic mass is 16.5. The number of benzene rings is 1. The number of fused-ring (bicyclic) bond motifs is 1. The Kier molecular flexibility index (Phi) is 2.99. The number of rotatable bonds is 2. The molecule has 0 fully saturated rings. The van der Waals surface area contributed by atoms with Crippen LogP contribution in [0.1, 0.15) is 29.5 Å². The number of nitrogens with zero attached hydrogens (tertiary/aromatic N) is 1. The lowest BCUT2D eigenvalue weighted by atomic mass is 9.75. The number of hydrogen-bond acceptors (Lipinski definition) is 3. The third-order valence-corrected chi connectivity index (χ3v) is 3.87. The van der Waals surface area contributed by atoms with Gasteiger partial charge in [-0.3, -0.25) is 4.98 Å². The van der Waals surface area contributed by atoms with Gasteiger partial charge in [0.1, 0.15) is 11.4 Å². The van der Waals surface area contributed by atoms with E-state index >= 15 is 0 Å². The van der Waals surface area contributed by atoms with Gasteiger partial charge in [-0.25, -0.2) is 0 Å². The van der Waals surface area contributed by atoms with Gasteiger partial charge in [0.25, 0.3) is 0 Å². The van der Waals surface area contributed by atoms with Crippen LogP contribution in [0.3, 0.4) is 0 Å². The number of aryl methyl sites for hydroxylation is 1. The van der Waals surface area contributed by atoms with Crippen molar-refractivity contribution >= 4 is 0 Å². The normalized spacial score (nSPS) is 21.8. The van der Waals surface area contributed by atoms with E-state index in [0.717, 1.165) is 30.4 Å². The molecule has 2 aromatic rings. The molecule has 0 saturated carbocycles. The van der Waals surface area contributed by atoms with E-state index < -0.39 is 5.60 Å². The first-order valence-electron chi connectivity index (χ1n) is 6.54. The highest BCUT2D eigenvalue weighted by Crippen LogP contribution is 2.40. The zero-order valence-electron chi connectivity index (χ0n) is 11.0. The number of pyridine rings is 1. The molecule has 0 aliphatic heterocycles. The molecule has 1 aliphatic rings. The maximum absolute atomic E-state index is 11.1. The van der Waals surface area contributed by atoms with Crippen molar-refractivity contribution in [2.24, 2.45) is 0 Å². The van der Waals surface area contributed by atoms with Crippen molar-refractivity contribution < 1.29 is 9.84 Å². The number of methoxy groups -OCH3 is 1. The van der Waals surface area contributed by atoms with Crippen LogP contribution in [0.4, 0.5) is 0 Å². The average molecular weight is 255 g/mol. The molecule has 1 unspecified atom stereocenters. The molecule has 98 valence electrons. The Morgan fingerprint density at radius 2 is 2.11 bits per heavy atom. The lowest BCUT2D eigenvalue weighted by molar-refractivity contribution is 0.0610. The summed E-state index contributed by atoms with van der Waals surface area (Å²) >= 11 is 0. The topological polar surface area (TPSA) is 42.4 Å². The summed E-state index contributed by atoms with van der Waals surface area (Å²) in [6.45, 7) is 0. The number of aromatic nitrogens is 1. The SMILES string of the molecule is COc1cncc(C2(O)CCCc3ccccc32)c1. The van der Waals surface area contributed by atoms with E-state index in [1.165, 1.54) is 5.56 Å². The first-order valence-corrected chi connectivity index (χ1v) is 6.54. The van der Waals surface area contributed by atoms with Crippen LogP contribution in [0.15, 0.2) is 42.7 Å². The van der Waals surface area contributed by atoms with E-state index in [4.69, 9.17) is 4.74 Å². The summed E-state index contributed by atoms with van der Waals surface area (Å²) < 4.78 is 5.21. The molecule has 0 spiro atoms. The molecule has 1 heterocycles. The fraction of sp³-hybridized carbons (Fsp3) is 0.312. The molecule has 1 N–H and O–H groups in total. The van der Waals surface area contributed by atoms with Crippen molar-refractivity contribution in [2.75, 3.05) is 7.11 Å². The van der Waals surface area contributed by atoms with Crippen LogP contribution < -0.4 is 4.74 Å². The lowest BCUT2D eigenvalue weighted by Gasteiger charge is -2.34. The average Bonchev–Trinajstić information content (AvgIpc) is 2.48. The largest absolute Gasteiger partial charge is 0.495 e. The summed E-state index contributed by atoms with van der Waals surface area (Å²) in [6.07, 6.45) is 6.10. The lowest BCUT2D eigenvalue weighted by Crippen LogP contribution is -2.32. The summed E-state index contributed by atoms with van der Waals surface area (Å²) in [7, 11) is 1.61. The summed E-state index contributed by atoms with van der Waals surface area (Å²) in [6, 6.07) is 9.97. The van der Waals surface area contributed by atoms with Gasteiger partial charge in [0.15, 0.2) is 0 Å². The minimum atomic E-state index is -0.948. The van der Waals surface area contributed by atoms with Crippen molar-refractivity contribution in [1.82, 2.24) is 4.98 Å². The molecular formula is C16H17NO2. The summed E-state index contributed by atoms with van der Waals surface area (Å²) in [5.74, 6) is 0.675. The Labute approximate surface area is 112 Å². The van der Waals surface area contributed by atoms with E-state index in [1.807, 2.05) is 24.3 Å². The first-order chi connectivity index (χ1) is 9.24. The zero-order chi connectivity index (χ0) is 13.3. The summed E-state index contributed by atoms with van der Waals surface area (Å²) in [4.78, 5) is 4.16. The third kappa shape index (κ3) is 2.00. The Bertz CT molecular complexity index is 597. The van der Waals surface area contributed by atoms with E-state index in [9.17, 15) is 5.11 Å². The quantitative estimate of drug-likeness (QED) is 0.897. The minimum Gasteiger partial charge on any atom is -0.495 e. The van der Waals surface area contributed by atoms with Crippen LogP contribution in [0.2, 0.25) is 0 Å². The Balaban J connectivity index is 2.13. The fourth-order valence-electron chi connectivity index (χ4n) is 2.87. The zero-order valence-corrected chi connectivity index (χ0v) is 11.0. The van der Waals surface area contributed by atoms with Crippen molar-refractivity contribution in [2.45, 2.75) is 24.9 Å². The number of ether oxygens (including phenoxy) is 1. The molecule has 0 amide bonds. The van der Waals surface area contributed by atoms with Gasteiger partial charge in [0.2, 0.25) is 0 Å². The second kappa shape index (κ2) is 4.67. The molecule has 3 rings (SSSR count). The van der Waals surface area contributed by atoms with Gasteiger partial charge < -0.3 is 9.84 Å². The maximum atomic E-state index is 11.1. The van der Waals surface area contributed by atoms with E-state index in [-0.39, 0.29) is 0 Å². The Morgan fingerprint density at radius 1 is 1.26 bits per heavy atom. The van der Waals surface area contributed by atoms with Gasteiger partial charge in [-0.05, 0) is 36.5 Å². The van der Waals surface area contributed by atoms with Crippen LogP contribution in [0.5, 0.6) is 5.75 Å². The summed E-state index contributed by atoms with van der Waals surface area (Å²) in [5, 5.41) is 11.1. The first kappa shape index (κ1) is 12.2. The maximum Gasteiger partial charge on any atom is 0.137 e. The Morgan fingerprint density at radius 3 is 2.95 bits per heavy atom. The van der Waals surface area contributed by atoms with Crippen LogP contribution in [-0.2, 0) is 12.0 Å². The molecule has 0 saturated heterocycles. The molecule has 1 aromatic heterocycles. The molecular weight excluding hydrogens is 238 g/mol. The van der Waals surface area contributed by atoms with Crippen molar-refractivity contribution in [3.05, 3.63) is 59.4 Å². The number of hydrogen-bond donors (Lipinski definition) is 1. The predicted octanol–water partition coefficient (Wildman–Crippen LogP) is 2.66. The molecule has 0 radical (unpaired) electrons. The molecule has 1 aliphatic carbocycles. The van der Waals surface area contributed by atoms with Gasteiger partial charge >= 0.3 is 0 Å². The van der Waals surface area contributed by atoms with Crippen molar-refractivity contribution in [3.8, 4) is 5.75 Å². The predicted molar refractivity (Wildman–Crippen MR) is 73.2 cm³/mol. The van der Waals surface area contributed by atoms with Crippen molar-refractivity contribution in [3.63, 3.8) is 0 Å². The van der Waals surface area contributed by atoms with E-state index in [2.05, 4.69) is 11.1 Å². The minimum absolute atomic E-state index is 0.675. The highest BCUT2D eigenvalue weighted by Gasteiger charge is 2.36. The third-order valence-electron chi connectivity index (χ3n) is 3.87. The molecule has 1 aromatic carbocycles. The molecule has 19 heavy (non-hydrogen) atoms. The monoisotopic (exact) mass is 255 g/mol. The molecule has 3 nitrogen and oxygen atoms in total. The fourth-order valence-corrected chi connectivity index (χ4v) is 2.87. The standard InChI is InChI=1S/C16H17NO2/c1-19-14-9-13(10-17-11-14)16(18)8-4-6-12-5-2-3-7-15(12)16/h2-3,5,7,9-11,18H,4,6,8H2,1H3. The molecule has 0 bridgehead atoms. The van der Waals surface area contributed by atoms with Gasteiger partial charge in [-0.15, -0.1) is 0 Å². The van der Waals surface area contributed by atoms with Crippen molar-refractivity contribution in [1.29, 1.82) is 0 Å². The van der Waals surface area contributed by atoms with Gasteiger partial charge in [-0.2, -0.15) is 0 Å². The molecule has 1 atom stereocenters. The van der Waals surface area contributed by atoms with E-state index in [0.29, 0.717) is 5.75 Å². The Hall–Kier alpha value is -1.87. The second-order valence-corrected chi connectivity index (χ2v) is 4.98. The van der Waals surface area contributed by atoms with Crippen LogP contribution in [0.25, 0.3) is 0 Å². The van der Waals surface area contributed by atoms with Gasteiger partial charge in [0, 0.05) is 11.8 Å². The number of aliphatic hydroxyl groups is 1. The van der Waals surface area contributed by atoms with Crippen LogP contribution in [-0.4, -0.2) is 17.2 Å². The smallest absolute Gasteiger partial charge is 0.137 e. The van der Waals surface area contributed by atoms with Gasteiger partial charge in [-0.1, -0.05) is 24.3 Å². The highest BCUT2D eigenvalue weighted by molar-refractivity contribution is 5.43. The van der Waals surface area contributed by atoms with E-state index in [1.54, 1.807) is 19.5 Å².